The fraction of sp³-hybridized carbons (Fsp3) is 0.548. The van der Waals surface area contributed by atoms with Gasteiger partial charge in [0.25, 0.3) is 5.91 Å². The lowest BCUT2D eigenvalue weighted by Crippen LogP contribution is -2.46. The summed E-state index contributed by atoms with van der Waals surface area (Å²) in [5.74, 6) is -2.55. The van der Waals surface area contributed by atoms with E-state index in [0.29, 0.717) is 18.6 Å². The lowest BCUT2D eigenvalue weighted by molar-refractivity contribution is -0.160. The van der Waals surface area contributed by atoms with Crippen LogP contribution in [0.3, 0.4) is 0 Å². The number of aromatic nitrogens is 1. The third-order valence-electron chi connectivity index (χ3n) is 7.04. The van der Waals surface area contributed by atoms with Gasteiger partial charge in [-0.25, -0.2) is 9.78 Å². The van der Waals surface area contributed by atoms with Crippen LogP contribution in [0.1, 0.15) is 61.6 Å². The number of carbonyl (C=O) groups excluding carboxylic acids is 3. The van der Waals surface area contributed by atoms with Crippen LogP contribution in [0, 0.1) is 5.92 Å². The Morgan fingerprint density at radius 2 is 1.84 bits per heavy atom. The first-order valence-electron chi connectivity index (χ1n) is 14.6. The van der Waals surface area contributed by atoms with Crippen molar-refractivity contribution in [2.75, 3.05) is 33.7 Å². The number of carbonyl (C=O) groups is 3. The summed E-state index contributed by atoms with van der Waals surface area (Å²) < 4.78 is 72.6. The van der Waals surface area contributed by atoms with Gasteiger partial charge >= 0.3 is 18.1 Å². The molecule has 2 heterocycles. The van der Waals surface area contributed by atoms with E-state index in [0.717, 1.165) is 31.4 Å². The van der Waals surface area contributed by atoms with Crippen LogP contribution in [0.4, 0.5) is 13.2 Å². The van der Waals surface area contributed by atoms with Crippen molar-refractivity contribution in [3.63, 3.8) is 0 Å². The third kappa shape index (κ3) is 10.6. The number of pyridine rings is 1. The quantitative estimate of drug-likeness (QED) is 0.190. The van der Waals surface area contributed by atoms with E-state index in [-0.39, 0.29) is 36.3 Å². The molecule has 0 spiro atoms. The zero-order valence-electron chi connectivity index (χ0n) is 25.7. The maximum atomic E-state index is 13.3. The highest BCUT2D eigenvalue weighted by molar-refractivity contribution is 5.98. The first-order chi connectivity index (χ1) is 21.4. The molecule has 1 aliphatic rings. The van der Waals surface area contributed by atoms with Gasteiger partial charge in [0.05, 0.1) is 32.0 Å². The molecule has 1 aromatic heterocycles. The molecule has 1 aliphatic heterocycles. The second kappa shape index (κ2) is 17.0. The van der Waals surface area contributed by atoms with E-state index >= 15 is 0 Å². The molecule has 0 saturated carbocycles. The fourth-order valence-electron chi connectivity index (χ4n) is 4.76. The predicted molar refractivity (Wildman–Crippen MR) is 154 cm³/mol. The van der Waals surface area contributed by atoms with E-state index in [1.54, 1.807) is 6.92 Å². The number of hydrogen-bond donors (Lipinski definition) is 1. The number of halogens is 3. The number of nitrogens with one attached hydrogen (secondary N) is 1. The molecule has 0 aliphatic carbocycles. The Bertz CT molecular complexity index is 1270. The number of methoxy groups -OCH3 is 1. The van der Waals surface area contributed by atoms with Crippen molar-refractivity contribution in [1.29, 1.82) is 0 Å². The van der Waals surface area contributed by atoms with Crippen molar-refractivity contribution in [2.24, 2.45) is 5.92 Å². The van der Waals surface area contributed by atoms with Crippen LogP contribution in [0.25, 0.3) is 0 Å². The number of cyclic esters (lactones) is 1. The van der Waals surface area contributed by atoms with Crippen LogP contribution in [0.15, 0.2) is 36.5 Å². The lowest BCUT2D eigenvalue weighted by atomic mass is 9.91. The maximum absolute atomic E-state index is 13.3. The van der Waals surface area contributed by atoms with Crippen LogP contribution in [0.5, 0.6) is 11.5 Å². The van der Waals surface area contributed by atoms with E-state index in [4.69, 9.17) is 28.4 Å². The number of benzene rings is 1. The van der Waals surface area contributed by atoms with Gasteiger partial charge in [-0.2, -0.15) is 13.2 Å². The van der Waals surface area contributed by atoms with Gasteiger partial charge in [0.2, 0.25) is 6.79 Å². The number of amides is 1. The summed E-state index contributed by atoms with van der Waals surface area (Å²) >= 11 is 0. The van der Waals surface area contributed by atoms with Crippen molar-refractivity contribution in [3.05, 3.63) is 53.3 Å². The lowest BCUT2D eigenvalue weighted by Gasteiger charge is -2.31. The Balaban J connectivity index is 1.80. The zero-order chi connectivity index (χ0) is 33.0. The van der Waals surface area contributed by atoms with Gasteiger partial charge in [0.1, 0.15) is 6.10 Å². The molecule has 4 unspecified atom stereocenters. The third-order valence-corrected chi connectivity index (χ3v) is 7.04. The first kappa shape index (κ1) is 35.6. The topological polar surface area (TPSA) is 132 Å². The number of nitrogens with zero attached hydrogens (tertiary/aromatic N) is 1. The molecule has 4 atom stereocenters. The van der Waals surface area contributed by atoms with Gasteiger partial charge in [-0.1, -0.05) is 31.9 Å². The van der Waals surface area contributed by atoms with Crippen LogP contribution < -0.4 is 14.8 Å². The van der Waals surface area contributed by atoms with E-state index in [2.05, 4.69) is 17.2 Å². The number of ether oxygens (including phenoxy) is 6. The molecule has 2 aromatic rings. The number of rotatable bonds is 13. The molecule has 45 heavy (non-hydrogen) atoms. The number of esters is 2. The molecular formula is C31H39F3N2O9. The summed E-state index contributed by atoms with van der Waals surface area (Å²) in [6.07, 6.45) is -1.60. The second-order valence-electron chi connectivity index (χ2n) is 10.5. The minimum Gasteiger partial charge on any atom is -0.493 e. The normalized spacial score (nSPS) is 20.6. The SMILES string of the molecule is CCCCCOC1C(Cc2ccc(C(F)(F)F)cc2)COCC(NC(=O)c2nccc(OC)c2OCOC(C)=O)C(=O)OC1C. The first-order valence-corrected chi connectivity index (χ1v) is 14.6. The second-order valence-corrected chi connectivity index (χ2v) is 10.5. The summed E-state index contributed by atoms with van der Waals surface area (Å²) in [5.41, 5.74) is -0.359. The number of hydrogen-bond acceptors (Lipinski definition) is 10. The molecule has 1 saturated heterocycles. The van der Waals surface area contributed by atoms with Gasteiger partial charge in [-0.15, -0.1) is 0 Å². The van der Waals surface area contributed by atoms with Crippen LogP contribution >= 0.6 is 0 Å². The Labute approximate surface area is 259 Å². The van der Waals surface area contributed by atoms with Gasteiger partial charge in [0.15, 0.2) is 23.2 Å². The average molecular weight is 641 g/mol. The minimum atomic E-state index is -4.46. The van der Waals surface area contributed by atoms with Crippen molar-refractivity contribution >= 4 is 17.8 Å². The summed E-state index contributed by atoms with van der Waals surface area (Å²) in [7, 11) is 1.35. The maximum Gasteiger partial charge on any atom is 0.416 e. The number of alkyl halides is 3. The van der Waals surface area contributed by atoms with Gasteiger partial charge < -0.3 is 33.7 Å². The molecule has 1 N–H and O–H groups in total. The van der Waals surface area contributed by atoms with Crippen molar-refractivity contribution in [3.8, 4) is 11.5 Å². The Morgan fingerprint density at radius 3 is 2.49 bits per heavy atom. The zero-order valence-corrected chi connectivity index (χ0v) is 25.7. The molecule has 1 fully saturated rings. The molecule has 14 heteroatoms. The van der Waals surface area contributed by atoms with Crippen LogP contribution in [-0.4, -0.2) is 74.8 Å². The molecule has 1 amide bonds. The van der Waals surface area contributed by atoms with Crippen LogP contribution in [-0.2, 0) is 41.1 Å². The van der Waals surface area contributed by atoms with Gasteiger partial charge in [0, 0.05) is 31.7 Å². The van der Waals surface area contributed by atoms with E-state index in [1.165, 1.54) is 38.4 Å². The molecule has 0 bridgehead atoms. The Kier molecular flexibility index (Phi) is 13.4. The largest absolute Gasteiger partial charge is 0.493 e. The highest BCUT2D eigenvalue weighted by atomic mass is 19.4. The highest BCUT2D eigenvalue weighted by Crippen LogP contribution is 2.31. The van der Waals surface area contributed by atoms with E-state index < -0.39 is 54.6 Å². The molecule has 11 nitrogen and oxygen atoms in total. The number of unbranched alkanes of at least 4 members (excludes halogenated alkanes) is 2. The average Bonchev–Trinajstić information content (AvgIpc) is 3.04. The van der Waals surface area contributed by atoms with Crippen molar-refractivity contribution < 1.29 is 56.0 Å². The molecule has 1 aromatic carbocycles. The minimum absolute atomic E-state index is 0.0704. The van der Waals surface area contributed by atoms with Gasteiger partial charge in [-0.05, 0) is 37.5 Å². The summed E-state index contributed by atoms with van der Waals surface area (Å²) in [5, 5.41) is 2.56. The van der Waals surface area contributed by atoms with Crippen LogP contribution in [0.2, 0.25) is 0 Å². The van der Waals surface area contributed by atoms with Crippen molar-refractivity contribution in [2.45, 2.75) is 70.9 Å². The van der Waals surface area contributed by atoms with Crippen molar-refractivity contribution in [1.82, 2.24) is 10.3 Å². The molecule has 3 rings (SSSR count). The summed E-state index contributed by atoms with van der Waals surface area (Å²) in [4.78, 5) is 41.8. The van der Waals surface area contributed by atoms with Gasteiger partial charge in [-0.3, -0.25) is 9.59 Å². The monoisotopic (exact) mass is 640 g/mol. The smallest absolute Gasteiger partial charge is 0.416 e. The summed E-state index contributed by atoms with van der Waals surface area (Å²) in [6, 6.07) is 5.05. The van der Waals surface area contributed by atoms with E-state index in [1.807, 2.05) is 0 Å². The van der Waals surface area contributed by atoms with E-state index in [9.17, 15) is 27.6 Å². The Morgan fingerprint density at radius 1 is 1.11 bits per heavy atom. The summed E-state index contributed by atoms with van der Waals surface area (Å²) in [6.45, 7) is 4.59. The molecular weight excluding hydrogens is 601 g/mol. The standard InChI is InChI=1S/C31H39F3N2O9/c1-5-6-7-14-42-27-19(2)45-30(39)24(17-41-16-22(27)15-21-8-10-23(11-9-21)31(32,33)34)36-29(38)26-28(44-18-43-20(3)37)25(40-4)12-13-35-26/h8-13,19,22,24,27H,5-7,14-18H2,1-4H3,(H,36,38). The molecule has 248 valence electrons. The fourth-order valence-corrected chi connectivity index (χ4v) is 4.76. The highest BCUT2D eigenvalue weighted by Gasteiger charge is 2.36. The predicted octanol–water partition coefficient (Wildman–Crippen LogP) is 4.50. The Hall–Kier alpha value is -3.91. The molecule has 0 radical (unpaired) electrons.